The van der Waals surface area contributed by atoms with E-state index in [-0.39, 0.29) is 18.9 Å². The number of aliphatic carboxylic acids is 1. The summed E-state index contributed by atoms with van der Waals surface area (Å²) in [4.78, 5) is 23.4. The number of carbonyl (C=O) groups excluding carboxylic acids is 1. The van der Waals surface area contributed by atoms with Crippen LogP contribution in [-0.4, -0.2) is 80.1 Å². The van der Waals surface area contributed by atoms with Crippen LogP contribution in [0.2, 0.25) is 0 Å². The molecule has 1 aromatic rings. The van der Waals surface area contributed by atoms with Crippen molar-refractivity contribution in [1.82, 2.24) is 14.5 Å². The number of benzene rings is 1. The predicted molar refractivity (Wildman–Crippen MR) is 117 cm³/mol. The molecule has 0 radical (unpaired) electrons. The first-order valence-electron chi connectivity index (χ1n) is 10.7. The van der Waals surface area contributed by atoms with E-state index in [0.717, 1.165) is 18.7 Å². The minimum Gasteiger partial charge on any atom is -0.475 e. The topological polar surface area (TPSA) is 107 Å². The van der Waals surface area contributed by atoms with Gasteiger partial charge in [-0.25, -0.2) is 13.2 Å². The monoisotopic (exact) mass is 495 g/mol. The number of hydrogen-bond acceptors (Lipinski definition) is 5. The molecule has 1 fully saturated rings. The lowest BCUT2D eigenvalue weighted by Gasteiger charge is -2.28. The molecule has 12 heteroatoms. The normalized spacial score (nSPS) is 14.7. The lowest BCUT2D eigenvalue weighted by atomic mass is 10.0. The van der Waals surface area contributed by atoms with Crippen LogP contribution < -0.4 is 5.32 Å². The Labute approximate surface area is 192 Å². The van der Waals surface area contributed by atoms with Crippen molar-refractivity contribution in [2.75, 3.05) is 39.3 Å². The molecule has 1 aromatic carbocycles. The Bertz CT molecular complexity index is 868. The van der Waals surface area contributed by atoms with Gasteiger partial charge in [-0.05, 0) is 30.0 Å². The van der Waals surface area contributed by atoms with Gasteiger partial charge in [0, 0.05) is 45.7 Å². The van der Waals surface area contributed by atoms with Crippen LogP contribution in [0.1, 0.15) is 45.1 Å². The maximum atomic E-state index is 13.0. The maximum absolute atomic E-state index is 13.0. The van der Waals surface area contributed by atoms with E-state index < -0.39 is 22.2 Å². The van der Waals surface area contributed by atoms with E-state index >= 15 is 0 Å². The molecule has 33 heavy (non-hydrogen) atoms. The molecule has 188 valence electrons. The summed E-state index contributed by atoms with van der Waals surface area (Å²) in [5.74, 6) is -2.37. The van der Waals surface area contributed by atoms with Gasteiger partial charge in [-0.2, -0.15) is 17.5 Å². The van der Waals surface area contributed by atoms with Crippen molar-refractivity contribution in [1.29, 1.82) is 0 Å². The molecular formula is C21H32F3N3O5S. The molecule has 0 aromatic heterocycles. The van der Waals surface area contributed by atoms with E-state index in [9.17, 15) is 26.4 Å². The standard InChI is InChI=1S/C19H31N3O3S.C2HF3O2/c1-4-12-22(13-9-19(23)21-14-10-20-11-15-21)26(24,25)18-7-5-17(6-8-18)16(2)3;3-2(4,5)1(6)7/h5-8,16,20H,4,9-15H2,1-3H3;(H,6,7). The van der Waals surface area contributed by atoms with Crippen LogP contribution in [0.5, 0.6) is 0 Å². The summed E-state index contributed by atoms with van der Waals surface area (Å²) in [5, 5.41) is 10.3. The predicted octanol–water partition coefficient (Wildman–Crippen LogP) is 2.67. The summed E-state index contributed by atoms with van der Waals surface area (Å²) in [5.41, 5.74) is 1.11. The fraction of sp³-hybridized carbons (Fsp3) is 0.619. The number of hydrogen-bond donors (Lipinski definition) is 2. The summed E-state index contributed by atoms with van der Waals surface area (Å²) >= 11 is 0. The number of amides is 1. The number of nitrogens with one attached hydrogen (secondary N) is 1. The number of nitrogens with zero attached hydrogens (tertiary/aromatic N) is 2. The van der Waals surface area contributed by atoms with Crippen LogP contribution in [0.15, 0.2) is 29.2 Å². The average Bonchev–Trinajstić information content (AvgIpc) is 2.76. The van der Waals surface area contributed by atoms with Crippen LogP contribution in [0, 0.1) is 0 Å². The zero-order valence-electron chi connectivity index (χ0n) is 19.1. The fourth-order valence-corrected chi connectivity index (χ4v) is 4.60. The summed E-state index contributed by atoms with van der Waals surface area (Å²) in [7, 11) is -3.58. The van der Waals surface area contributed by atoms with Gasteiger partial charge in [-0.3, -0.25) is 4.79 Å². The second kappa shape index (κ2) is 12.9. The van der Waals surface area contributed by atoms with Crippen LogP contribution in [0.3, 0.4) is 0 Å². The smallest absolute Gasteiger partial charge is 0.475 e. The minimum atomic E-state index is -5.08. The maximum Gasteiger partial charge on any atom is 0.490 e. The van der Waals surface area contributed by atoms with E-state index in [0.29, 0.717) is 36.9 Å². The number of piperazine rings is 1. The number of carbonyl (C=O) groups is 2. The molecule has 1 aliphatic heterocycles. The summed E-state index contributed by atoms with van der Waals surface area (Å²) in [6, 6.07) is 7.08. The molecule has 0 saturated carbocycles. The molecule has 2 rings (SSSR count). The summed E-state index contributed by atoms with van der Waals surface area (Å²) in [6.07, 6.45) is -4.14. The number of sulfonamides is 1. The zero-order valence-corrected chi connectivity index (χ0v) is 19.9. The lowest BCUT2D eigenvalue weighted by molar-refractivity contribution is -0.192. The first-order valence-corrected chi connectivity index (χ1v) is 12.1. The fourth-order valence-electron chi connectivity index (χ4n) is 3.07. The van der Waals surface area contributed by atoms with E-state index in [1.165, 1.54) is 4.31 Å². The van der Waals surface area contributed by atoms with E-state index in [4.69, 9.17) is 9.90 Å². The number of carboxylic acids is 1. The van der Waals surface area contributed by atoms with Gasteiger partial charge >= 0.3 is 12.1 Å². The quantitative estimate of drug-likeness (QED) is 0.574. The highest BCUT2D eigenvalue weighted by molar-refractivity contribution is 7.89. The number of carboxylic acid groups (broad SMARTS) is 1. The average molecular weight is 496 g/mol. The Morgan fingerprint density at radius 1 is 1.12 bits per heavy atom. The highest BCUT2D eigenvalue weighted by Gasteiger charge is 2.38. The Kier molecular flexibility index (Phi) is 11.3. The van der Waals surface area contributed by atoms with Gasteiger partial charge in [0.2, 0.25) is 15.9 Å². The van der Waals surface area contributed by atoms with Gasteiger partial charge in [0.05, 0.1) is 4.90 Å². The Morgan fingerprint density at radius 2 is 1.64 bits per heavy atom. The molecule has 1 heterocycles. The first kappa shape index (κ1) is 28.9. The second-order valence-electron chi connectivity index (χ2n) is 7.81. The van der Waals surface area contributed by atoms with Crippen molar-refractivity contribution in [3.05, 3.63) is 29.8 Å². The molecule has 0 aliphatic carbocycles. The molecule has 0 spiro atoms. The van der Waals surface area contributed by atoms with Crippen LogP contribution in [0.25, 0.3) is 0 Å². The first-order chi connectivity index (χ1) is 15.3. The van der Waals surface area contributed by atoms with E-state index in [1.54, 1.807) is 12.1 Å². The van der Waals surface area contributed by atoms with Gasteiger partial charge < -0.3 is 15.3 Å². The largest absolute Gasteiger partial charge is 0.490 e. The van der Waals surface area contributed by atoms with Gasteiger partial charge in [0.15, 0.2) is 0 Å². The van der Waals surface area contributed by atoms with Crippen LogP contribution in [0.4, 0.5) is 13.2 Å². The van der Waals surface area contributed by atoms with Crippen molar-refractivity contribution in [3.63, 3.8) is 0 Å². The molecule has 8 nitrogen and oxygen atoms in total. The SMILES string of the molecule is CCCN(CCC(=O)N1CCNCC1)S(=O)(=O)c1ccc(C(C)C)cc1.O=C(O)C(F)(F)F. The lowest BCUT2D eigenvalue weighted by Crippen LogP contribution is -2.47. The van der Waals surface area contributed by atoms with Crippen LogP contribution in [-0.2, 0) is 19.6 Å². The van der Waals surface area contributed by atoms with Gasteiger partial charge in [-0.15, -0.1) is 0 Å². The van der Waals surface area contributed by atoms with Crippen molar-refractivity contribution in [3.8, 4) is 0 Å². The number of halogens is 3. The molecular weight excluding hydrogens is 463 g/mol. The van der Waals surface area contributed by atoms with E-state index in [2.05, 4.69) is 19.2 Å². The molecule has 1 aliphatic rings. The Balaban J connectivity index is 0.000000675. The Hall–Kier alpha value is -2.18. The van der Waals surface area contributed by atoms with Gasteiger partial charge in [0.25, 0.3) is 0 Å². The third-order valence-electron chi connectivity index (χ3n) is 4.94. The highest BCUT2D eigenvalue weighted by Crippen LogP contribution is 2.21. The molecule has 0 unspecified atom stereocenters. The van der Waals surface area contributed by atoms with Gasteiger partial charge in [0.1, 0.15) is 0 Å². The van der Waals surface area contributed by atoms with Crippen LogP contribution >= 0.6 is 0 Å². The highest BCUT2D eigenvalue weighted by atomic mass is 32.2. The number of rotatable bonds is 8. The minimum absolute atomic E-state index is 0.0259. The van der Waals surface area contributed by atoms with Crippen molar-refractivity contribution in [2.24, 2.45) is 0 Å². The van der Waals surface area contributed by atoms with E-state index in [1.807, 2.05) is 24.0 Å². The van der Waals surface area contributed by atoms with Crippen molar-refractivity contribution >= 4 is 21.9 Å². The molecule has 2 N–H and O–H groups in total. The molecule has 0 atom stereocenters. The molecule has 1 amide bonds. The summed E-state index contributed by atoms with van der Waals surface area (Å²) in [6.45, 7) is 9.72. The zero-order chi connectivity index (χ0) is 25.2. The number of alkyl halides is 3. The second-order valence-corrected chi connectivity index (χ2v) is 9.75. The molecule has 0 bridgehead atoms. The van der Waals surface area contributed by atoms with Gasteiger partial charge in [-0.1, -0.05) is 32.9 Å². The Morgan fingerprint density at radius 3 is 2.06 bits per heavy atom. The molecule has 1 saturated heterocycles. The third kappa shape index (κ3) is 9.30. The van der Waals surface area contributed by atoms with Crippen molar-refractivity contribution in [2.45, 2.75) is 50.6 Å². The summed E-state index contributed by atoms with van der Waals surface area (Å²) < 4.78 is 59.1. The third-order valence-corrected chi connectivity index (χ3v) is 6.86. The van der Waals surface area contributed by atoms with Crippen molar-refractivity contribution < 1.29 is 36.3 Å².